The Kier molecular flexibility index (Phi) is 3.46. The molecule has 2 aliphatic rings. The van der Waals surface area contributed by atoms with Crippen LogP contribution in [0, 0.1) is 18.3 Å². The lowest BCUT2D eigenvalue weighted by Crippen LogP contribution is -2.56. The standard InChI is InChI=1S/C20H27BrO/c1-12-7-8-14-15(11-12)20(19(5,6)18(14,3)4)10-9-13(2)16(21)17(20)22/h7-8,11,13,16H,9-10H2,1-6H3. The molecule has 1 aromatic rings. The van der Waals surface area contributed by atoms with Crippen LogP contribution in [0.4, 0.5) is 0 Å². The molecule has 0 heterocycles. The van der Waals surface area contributed by atoms with Crippen LogP contribution in [0.5, 0.6) is 0 Å². The van der Waals surface area contributed by atoms with Crippen molar-refractivity contribution in [1.29, 1.82) is 0 Å². The minimum atomic E-state index is -0.349. The van der Waals surface area contributed by atoms with Crippen LogP contribution in [0.1, 0.15) is 64.2 Å². The Morgan fingerprint density at radius 1 is 1.14 bits per heavy atom. The van der Waals surface area contributed by atoms with Crippen molar-refractivity contribution in [2.45, 2.75) is 70.0 Å². The molecular formula is C20H27BrO. The van der Waals surface area contributed by atoms with Crippen molar-refractivity contribution in [3.63, 3.8) is 0 Å². The summed E-state index contributed by atoms with van der Waals surface area (Å²) in [6, 6.07) is 6.73. The molecule has 1 spiro atoms. The van der Waals surface area contributed by atoms with Crippen molar-refractivity contribution in [1.82, 2.24) is 0 Å². The Morgan fingerprint density at radius 3 is 2.41 bits per heavy atom. The van der Waals surface area contributed by atoms with E-state index >= 15 is 0 Å². The van der Waals surface area contributed by atoms with Gasteiger partial charge in [-0.2, -0.15) is 0 Å². The lowest BCUT2D eigenvalue weighted by molar-refractivity contribution is -0.133. The summed E-state index contributed by atoms with van der Waals surface area (Å²) in [5, 5.41) is 0. The highest BCUT2D eigenvalue weighted by Gasteiger charge is 2.66. The zero-order valence-corrected chi connectivity index (χ0v) is 16.2. The van der Waals surface area contributed by atoms with Crippen molar-refractivity contribution in [3.8, 4) is 0 Å². The first-order valence-electron chi connectivity index (χ1n) is 8.37. The molecule has 2 heteroatoms. The summed E-state index contributed by atoms with van der Waals surface area (Å²) in [7, 11) is 0. The van der Waals surface area contributed by atoms with E-state index in [1.807, 2.05) is 0 Å². The maximum absolute atomic E-state index is 13.5. The molecule has 0 amide bonds. The van der Waals surface area contributed by atoms with E-state index in [2.05, 4.69) is 75.7 Å². The molecule has 120 valence electrons. The molecule has 0 aliphatic heterocycles. The van der Waals surface area contributed by atoms with E-state index in [0.29, 0.717) is 11.7 Å². The van der Waals surface area contributed by atoms with E-state index in [4.69, 9.17) is 0 Å². The number of halogens is 1. The van der Waals surface area contributed by atoms with E-state index in [1.54, 1.807) is 0 Å². The average molecular weight is 363 g/mol. The van der Waals surface area contributed by atoms with Crippen molar-refractivity contribution < 1.29 is 4.79 Å². The first kappa shape index (κ1) is 16.2. The molecule has 22 heavy (non-hydrogen) atoms. The molecule has 3 unspecified atom stereocenters. The van der Waals surface area contributed by atoms with E-state index < -0.39 is 0 Å². The van der Waals surface area contributed by atoms with E-state index in [9.17, 15) is 4.79 Å². The molecule has 0 N–H and O–H groups in total. The van der Waals surface area contributed by atoms with Gasteiger partial charge in [0.25, 0.3) is 0 Å². The molecule has 1 aromatic carbocycles. The lowest BCUT2D eigenvalue weighted by Gasteiger charge is -2.51. The number of carbonyl (C=O) groups is 1. The number of alkyl halides is 1. The number of hydrogen-bond acceptors (Lipinski definition) is 1. The van der Waals surface area contributed by atoms with Crippen LogP contribution in [0.3, 0.4) is 0 Å². The number of carbonyl (C=O) groups excluding carboxylic acids is 1. The Hall–Kier alpha value is -0.630. The van der Waals surface area contributed by atoms with E-state index in [1.165, 1.54) is 16.7 Å². The highest BCUT2D eigenvalue weighted by atomic mass is 79.9. The fourth-order valence-corrected chi connectivity index (χ4v) is 5.51. The monoisotopic (exact) mass is 362 g/mol. The number of ketones is 1. The third-order valence-electron chi connectivity index (χ3n) is 7.08. The zero-order chi connectivity index (χ0) is 16.5. The molecule has 1 fully saturated rings. The molecule has 0 radical (unpaired) electrons. The summed E-state index contributed by atoms with van der Waals surface area (Å²) >= 11 is 3.71. The molecular weight excluding hydrogens is 336 g/mol. The Bertz CT molecular complexity index is 643. The van der Waals surface area contributed by atoms with Gasteiger partial charge in [0.1, 0.15) is 0 Å². The van der Waals surface area contributed by atoms with Gasteiger partial charge in [-0.25, -0.2) is 0 Å². The first-order valence-corrected chi connectivity index (χ1v) is 9.29. The molecule has 3 atom stereocenters. The molecule has 2 aliphatic carbocycles. The molecule has 1 saturated carbocycles. The topological polar surface area (TPSA) is 17.1 Å². The van der Waals surface area contributed by atoms with Crippen molar-refractivity contribution in [2.24, 2.45) is 11.3 Å². The van der Waals surface area contributed by atoms with E-state index in [0.717, 1.165) is 12.8 Å². The van der Waals surface area contributed by atoms with Crippen molar-refractivity contribution >= 4 is 21.7 Å². The van der Waals surface area contributed by atoms with Crippen LogP contribution in [0.2, 0.25) is 0 Å². The number of benzene rings is 1. The van der Waals surface area contributed by atoms with Crippen LogP contribution in [0.15, 0.2) is 18.2 Å². The van der Waals surface area contributed by atoms with Crippen LogP contribution in [-0.4, -0.2) is 10.6 Å². The van der Waals surface area contributed by atoms with Crippen molar-refractivity contribution in [3.05, 3.63) is 34.9 Å². The predicted octanol–water partition coefficient (Wildman–Crippen LogP) is 5.31. The normalized spacial score (nSPS) is 35.7. The van der Waals surface area contributed by atoms with Gasteiger partial charge in [0, 0.05) is 0 Å². The number of Topliss-reactive ketones (excluding diaryl/α,β-unsaturated/α-hetero) is 1. The van der Waals surface area contributed by atoms with Gasteiger partial charge in [-0.05, 0) is 47.6 Å². The highest BCUT2D eigenvalue weighted by molar-refractivity contribution is 9.10. The minimum absolute atomic E-state index is 0.00100. The van der Waals surface area contributed by atoms with Crippen LogP contribution in [0.25, 0.3) is 0 Å². The maximum atomic E-state index is 13.5. The summed E-state index contributed by atoms with van der Waals surface area (Å²) in [5.74, 6) is 0.819. The first-order chi connectivity index (χ1) is 10.1. The summed E-state index contributed by atoms with van der Waals surface area (Å²) in [6.45, 7) is 13.5. The van der Waals surface area contributed by atoms with Gasteiger partial charge in [-0.15, -0.1) is 0 Å². The van der Waals surface area contributed by atoms with Crippen LogP contribution >= 0.6 is 15.9 Å². The summed E-state index contributed by atoms with van der Waals surface area (Å²) in [6.07, 6.45) is 2.08. The third-order valence-corrected chi connectivity index (χ3v) is 8.40. The van der Waals surface area contributed by atoms with Gasteiger partial charge < -0.3 is 0 Å². The molecule has 1 nitrogen and oxygen atoms in total. The Morgan fingerprint density at radius 2 is 1.77 bits per heavy atom. The zero-order valence-electron chi connectivity index (χ0n) is 14.6. The molecule has 0 bridgehead atoms. The van der Waals surface area contributed by atoms with Gasteiger partial charge in [0.15, 0.2) is 5.78 Å². The summed E-state index contributed by atoms with van der Waals surface area (Å²) in [4.78, 5) is 13.5. The molecule has 3 rings (SSSR count). The second-order valence-electron chi connectivity index (χ2n) is 8.49. The second-order valence-corrected chi connectivity index (χ2v) is 9.47. The summed E-state index contributed by atoms with van der Waals surface area (Å²) < 4.78 is 0. The van der Waals surface area contributed by atoms with Gasteiger partial charge >= 0.3 is 0 Å². The predicted molar refractivity (Wildman–Crippen MR) is 95.8 cm³/mol. The lowest BCUT2D eigenvalue weighted by atomic mass is 9.52. The van der Waals surface area contributed by atoms with Gasteiger partial charge in [0.2, 0.25) is 0 Å². The van der Waals surface area contributed by atoms with Gasteiger partial charge in [-0.3, -0.25) is 4.79 Å². The summed E-state index contributed by atoms with van der Waals surface area (Å²) in [5.41, 5.74) is 3.48. The van der Waals surface area contributed by atoms with Crippen molar-refractivity contribution in [2.75, 3.05) is 0 Å². The SMILES string of the molecule is Cc1ccc2c(c1)C1(CCC(C)C(Br)C1=O)C(C)(C)C2(C)C. The molecule has 0 saturated heterocycles. The van der Waals surface area contributed by atoms with Gasteiger partial charge in [0.05, 0.1) is 10.2 Å². The molecule has 0 aromatic heterocycles. The Balaban J connectivity index is 2.32. The largest absolute Gasteiger partial charge is 0.297 e. The fourth-order valence-electron chi connectivity index (χ4n) is 4.86. The van der Waals surface area contributed by atoms with Crippen LogP contribution < -0.4 is 0 Å². The fraction of sp³-hybridized carbons (Fsp3) is 0.650. The number of aryl methyl sites for hydroxylation is 1. The highest BCUT2D eigenvalue weighted by Crippen LogP contribution is 2.66. The second kappa shape index (κ2) is 4.69. The minimum Gasteiger partial charge on any atom is -0.297 e. The Labute approximate surface area is 143 Å². The third kappa shape index (κ3) is 1.68. The van der Waals surface area contributed by atoms with Crippen LogP contribution in [-0.2, 0) is 15.6 Å². The van der Waals surface area contributed by atoms with E-state index in [-0.39, 0.29) is 21.1 Å². The number of hydrogen-bond donors (Lipinski definition) is 0. The smallest absolute Gasteiger partial charge is 0.157 e. The number of rotatable bonds is 0. The average Bonchev–Trinajstić information content (AvgIpc) is 2.56. The quantitative estimate of drug-likeness (QED) is 0.571. The number of fused-ring (bicyclic) bond motifs is 2. The van der Waals surface area contributed by atoms with Gasteiger partial charge in [-0.1, -0.05) is 74.3 Å². The maximum Gasteiger partial charge on any atom is 0.157 e.